The lowest BCUT2D eigenvalue weighted by Gasteiger charge is -2.48. The van der Waals surface area contributed by atoms with Crippen molar-refractivity contribution in [1.29, 1.82) is 0 Å². The van der Waals surface area contributed by atoms with Gasteiger partial charge in [0.05, 0.1) is 0 Å². The maximum absolute atomic E-state index is 2.59. The third-order valence-electron chi connectivity index (χ3n) is 5.93. The predicted molar refractivity (Wildman–Crippen MR) is 120 cm³/mol. The Kier molecular flexibility index (Phi) is 5.30. The molecule has 2 nitrogen and oxygen atoms in total. The van der Waals surface area contributed by atoms with E-state index in [0.29, 0.717) is 6.57 Å². The molecule has 4 heteroatoms. The second kappa shape index (κ2) is 7.85. The average molecular weight is 370 g/mol. The molecule has 1 fully saturated rings. The van der Waals surface area contributed by atoms with E-state index in [9.17, 15) is 0 Å². The average Bonchev–Trinajstić information content (AvgIpc) is 2.73. The van der Waals surface area contributed by atoms with Gasteiger partial charge < -0.3 is 9.62 Å². The van der Waals surface area contributed by atoms with Gasteiger partial charge in [0.1, 0.15) is 0 Å². The van der Waals surface area contributed by atoms with E-state index in [2.05, 4.69) is 115 Å². The Morgan fingerprint density at radius 2 is 0.926 bits per heavy atom. The third kappa shape index (κ3) is 3.18. The quantitative estimate of drug-likeness (QED) is 0.512. The van der Waals surface area contributed by atoms with E-state index >= 15 is 0 Å². The van der Waals surface area contributed by atoms with Crippen LogP contribution in [0.1, 0.15) is 6.42 Å². The summed E-state index contributed by atoms with van der Waals surface area (Å²) in [4.78, 5) is 5.17. The van der Waals surface area contributed by atoms with Crippen LogP contribution in [0.2, 0.25) is 0 Å². The molecule has 0 radical (unpaired) electrons. The van der Waals surface area contributed by atoms with Crippen molar-refractivity contribution < 1.29 is 0 Å². The molecule has 0 aliphatic carbocycles. The van der Waals surface area contributed by atoms with E-state index < -0.39 is 7.94 Å². The third-order valence-corrected chi connectivity index (χ3v) is 11.3. The van der Waals surface area contributed by atoms with E-state index in [0.717, 1.165) is 13.1 Å². The van der Waals surface area contributed by atoms with Crippen LogP contribution < -0.4 is 15.6 Å². The highest BCUT2D eigenvalue weighted by Crippen LogP contribution is 2.19. The van der Waals surface area contributed by atoms with Gasteiger partial charge in [0.2, 0.25) is 0 Å². The van der Waals surface area contributed by atoms with Crippen LogP contribution in [-0.4, -0.2) is 51.3 Å². The Morgan fingerprint density at radius 3 is 1.26 bits per heavy atom. The van der Waals surface area contributed by atoms with Crippen molar-refractivity contribution in [1.82, 2.24) is 9.62 Å². The molecule has 0 N–H and O–H groups in total. The van der Waals surface area contributed by atoms with Gasteiger partial charge in [0, 0.05) is 0 Å². The minimum atomic E-state index is -2.30. The zero-order valence-electron chi connectivity index (χ0n) is 16.3. The van der Waals surface area contributed by atoms with E-state index in [4.69, 9.17) is 0 Å². The van der Waals surface area contributed by atoms with Crippen LogP contribution in [0.15, 0.2) is 91.0 Å². The molecule has 0 amide bonds. The molecule has 1 heterocycles. The summed E-state index contributed by atoms with van der Waals surface area (Å²) in [7, 11) is 2.31. The number of hydrogen-bond donors (Lipinski definition) is 0. The first-order valence-electron chi connectivity index (χ1n) is 9.81. The summed E-state index contributed by atoms with van der Waals surface area (Å²) in [6.45, 7) is 2.69. The highest BCUT2D eigenvalue weighted by atomic mass is 28.3. The minimum absolute atomic E-state index is 0.387. The van der Waals surface area contributed by atoms with Gasteiger partial charge in [0.15, 0.2) is 7.94 Å². The van der Waals surface area contributed by atoms with E-state index in [-0.39, 0.29) is 0 Å². The van der Waals surface area contributed by atoms with Gasteiger partial charge in [-0.05, 0) is 33.6 Å². The number of nitrogens with zero attached hydrogens (tertiary/aromatic N) is 2. The largest absolute Gasteiger partial charge is 0.333 e. The second-order valence-electron chi connectivity index (χ2n) is 7.59. The molecule has 0 saturated carbocycles. The van der Waals surface area contributed by atoms with Crippen LogP contribution in [0.4, 0.5) is 0 Å². The van der Waals surface area contributed by atoms with Crippen LogP contribution in [-0.2, 0) is 0 Å². The molecule has 3 aromatic carbocycles. The molecule has 27 heavy (non-hydrogen) atoms. The predicted octanol–water partition coefficient (Wildman–Crippen LogP) is 1.99. The monoisotopic (exact) mass is 370 g/mol. The van der Waals surface area contributed by atoms with Crippen LogP contribution in [0, 0.1) is 0 Å². The van der Waals surface area contributed by atoms with Crippen LogP contribution >= 0.6 is 0 Å². The van der Waals surface area contributed by atoms with Gasteiger partial charge >= 0.3 is 6.57 Å². The van der Waals surface area contributed by atoms with Gasteiger partial charge in [-0.2, -0.15) is 0 Å². The first-order valence-corrected chi connectivity index (χ1v) is 11.9. The van der Waals surface area contributed by atoms with Crippen molar-refractivity contribution in [2.24, 2.45) is 0 Å². The summed E-state index contributed by atoms with van der Waals surface area (Å²) >= 11 is 0. The van der Waals surface area contributed by atoms with Crippen molar-refractivity contribution in [2.75, 3.05) is 27.2 Å². The van der Waals surface area contributed by atoms with Crippen molar-refractivity contribution in [3.63, 3.8) is 0 Å². The molecule has 0 unspecified atom stereocenters. The van der Waals surface area contributed by atoms with E-state index in [1.165, 1.54) is 22.0 Å². The molecule has 0 atom stereocenters. The SMILES string of the molecule is CN1CCCN(C)B1[Si](c1ccccc1)(c1ccccc1)c1ccccc1. The number of hydrogen-bond acceptors (Lipinski definition) is 2. The summed E-state index contributed by atoms with van der Waals surface area (Å²) < 4.78 is 0. The van der Waals surface area contributed by atoms with Crippen LogP contribution in [0.25, 0.3) is 0 Å². The number of benzene rings is 3. The molecular weight excluding hydrogens is 343 g/mol. The summed E-state index contributed by atoms with van der Waals surface area (Å²) in [6.07, 6.45) is 1.23. The Bertz CT molecular complexity index is 751. The summed E-state index contributed by atoms with van der Waals surface area (Å²) in [5.41, 5.74) is 0. The van der Waals surface area contributed by atoms with Gasteiger partial charge in [-0.25, -0.2) is 0 Å². The lowest BCUT2D eigenvalue weighted by atomic mass is 9.98. The fourth-order valence-electron chi connectivity index (χ4n) is 4.86. The molecule has 3 aromatic rings. The normalized spacial score (nSPS) is 16.4. The fraction of sp³-hybridized carbons (Fsp3) is 0.217. The van der Waals surface area contributed by atoms with Crippen molar-refractivity contribution in [3.8, 4) is 0 Å². The molecular formula is C23H27BN2Si. The summed E-state index contributed by atoms with van der Waals surface area (Å²) in [5.74, 6) is 0. The van der Waals surface area contributed by atoms with Crippen molar-refractivity contribution in [2.45, 2.75) is 6.42 Å². The Labute approximate surface area is 164 Å². The zero-order valence-corrected chi connectivity index (χ0v) is 17.3. The molecule has 0 aromatic heterocycles. The van der Waals surface area contributed by atoms with Crippen LogP contribution in [0.3, 0.4) is 0 Å². The van der Waals surface area contributed by atoms with Gasteiger partial charge in [-0.3, -0.25) is 0 Å². The second-order valence-corrected chi connectivity index (χ2v) is 11.5. The highest BCUT2D eigenvalue weighted by molar-refractivity contribution is 7.48. The maximum atomic E-state index is 2.59. The lowest BCUT2D eigenvalue weighted by molar-refractivity contribution is 0.355. The lowest BCUT2D eigenvalue weighted by Crippen LogP contribution is -2.84. The first-order chi connectivity index (χ1) is 13.2. The molecule has 1 saturated heterocycles. The smallest absolute Gasteiger partial charge is 0.311 e. The molecule has 136 valence electrons. The first kappa shape index (κ1) is 18.2. The zero-order chi connectivity index (χ0) is 18.7. The topological polar surface area (TPSA) is 6.48 Å². The molecule has 1 aliphatic heterocycles. The van der Waals surface area contributed by atoms with Gasteiger partial charge in [0.25, 0.3) is 0 Å². The van der Waals surface area contributed by atoms with Gasteiger partial charge in [-0.1, -0.05) is 107 Å². The Hall–Kier alpha value is -2.14. The standard InChI is InChI=1S/C23H27BN2Si/c1-25-19-12-20-26(2)24(25)27(21-13-6-3-7-14-21,22-15-8-4-9-16-22)23-17-10-5-11-18-23/h3-11,13-18H,12,19-20H2,1-2H3. The van der Waals surface area contributed by atoms with Crippen molar-refractivity contribution in [3.05, 3.63) is 91.0 Å². The van der Waals surface area contributed by atoms with E-state index in [1.807, 2.05) is 0 Å². The Balaban J connectivity index is 2.06. The molecule has 1 aliphatic rings. The van der Waals surface area contributed by atoms with Crippen LogP contribution in [0.5, 0.6) is 0 Å². The molecule has 0 spiro atoms. The maximum Gasteiger partial charge on any atom is 0.311 e. The summed E-state index contributed by atoms with van der Waals surface area (Å²) in [5, 5.41) is 4.44. The van der Waals surface area contributed by atoms with Gasteiger partial charge in [-0.15, -0.1) is 0 Å². The van der Waals surface area contributed by atoms with E-state index in [1.54, 1.807) is 0 Å². The minimum Gasteiger partial charge on any atom is -0.333 e. The fourth-order valence-corrected chi connectivity index (χ4v) is 10.5. The number of rotatable bonds is 4. The van der Waals surface area contributed by atoms with Crippen molar-refractivity contribution >= 4 is 30.1 Å². The molecule has 0 bridgehead atoms. The highest BCUT2D eigenvalue weighted by Gasteiger charge is 2.54. The Morgan fingerprint density at radius 1 is 0.593 bits per heavy atom. The summed E-state index contributed by atoms with van der Waals surface area (Å²) in [6, 6.07) is 33.7. The molecule has 4 rings (SSSR count).